The van der Waals surface area contributed by atoms with E-state index in [1.165, 1.54) is 0 Å². The molecule has 0 aliphatic carbocycles. The first-order valence-corrected chi connectivity index (χ1v) is 7.41. The second-order valence-corrected chi connectivity index (χ2v) is 6.73. The summed E-state index contributed by atoms with van der Waals surface area (Å²) < 4.78 is 5.34. The van der Waals surface area contributed by atoms with Gasteiger partial charge in [0.2, 0.25) is 0 Å². The highest BCUT2D eigenvalue weighted by Crippen LogP contribution is 2.32. The van der Waals surface area contributed by atoms with Crippen molar-refractivity contribution in [2.45, 2.75) is 44.8 Å². The van der Waals surface area contributed by atoms with Crippen LogP contribution in [-0.2, 0) is 10.3 Å². The fraction of sp³-hybridized carbons (Fsp3) is 0.600. The number of rotatable bonds is 1. The summed E-state index contributed by atoms with van der Waals surface area (Å²) >= 11 is 5.87. The van der Waals surface area contributed by atoms with Gasteiger partial charge in [-0.3, -0.25) is 0 Å². The summed E-state index contributed by atoms with van der Waals surface area (Å²) in [7, 11) is 0. The van der Waals surface area contributed by atoms with Crippen LogP contribution in [0.4, 0.5) is 4.79 Å². The molecule has 1 N–H and O–H groups in total. The number of carbonyl (C=O) groups is 1. The minimum Gasteiger partial charge on any atom is -0.444 e. The summed E-state index contributed by atoms with van der Waals surface area (Å²) in [5.74, 6) is 0. The van der Waals surface area contributed by atoms with Crippen LogP contribution in [0.25, 0.3) is 0 Å². The summed E-state index contributed by atoms with van der Waals surface area (Å²) in [6, 6.07) is 5.20. The van der Waals surface area contributed by atoms with Gasteiger partial charge in [0.1, 0.15) is 16.4 Å². The quantitative estimate of drug-likeness (QED) is 0.810. The van der Waals surface area contributed by atoms with E-state index < -0.39 is 11.2 Å². The lowest BCUT2D eigenvalue weighted by Gasteiger charge is -2.38. The van der Waals surface area contributed by atoms with Gasteiger partial charge in [0.15, 0.2) is 0 Å². The smallest absolute Gasteiger partial charge is 0.410 e. The van der Waals surface area contributed by atoms with Crippen LogP contribution >= 0.6 is 11.6 Å². The Morgan fingerprint density at radius 3 is 2.52 bits per heavy atom. The van der Waals surface area contributed by atoms with Crippen molar-refractivity contribution in [3.63, 3.8) is 0 Å². The molecule has 116 valence electrons. The van der Waals surface area contributed by atoms with Crippen LogP contribution in [-0.4, -0.2) is 39.8 Å². The van der Waals surface area contributed by atoms with Gasteiger partial charge in [-0.1, -0.05) is 17.7 Å². The van der Waals surface area contributed by atoms with Crippen LogP contribution in [0.3, 0.4) is 0 Å². The Kier molecular flexibility index (Phi) is 4.44. The Hall–Kier alpha value is -1.33. The maximum atomic E-state index is 12.0. The number of halogens is 1. The molecule has 2 heterocycles. The Labute approximate surface area is 129 Å². The van der Waals surface area contributed by atoms with Gasteiger partial charge in [-0.2, -0.15) is 0 Å². The molecule has 21 heavy (non-hydrogen) atoms. The summed E-state index contributed by atoms with van der Waals surface area (Å²) in [4.78, 5) is 17.8. The topological polar surface area (TPSA) is 62.7 Å². The van der Waals surface area contributed by atoms with Gasteiger partial charge in [-0.05, 0) is 45.7 Å². The number of aliphatic hydroxyl groups is 1. The highest BCUT2D eigenvalue weighted by molar-refractivity contribution is 6.29. The zero-order valence-electron chi connectivity index (χ0n) is 12.6. The van der Waals surface area contributed by atoms with Crippen LogP contribution in [0.5, 0.6) is 0 Å². The average Bonchev–Trinajstić information content (AvgIpc) is 2.37. The number of nitrogens with zero attached hydrogens (tertiary/aromatic N) is 2. The fourth-order valence-corrected chi connectivity index (χ4v) is 2.47. The molecule has 1 aliphatic heterocycles. The molecule has 0 aromatic carbocycles. The van der Waals surface area contributed by atoms with E-state index >= 15 is 0 Å². The molecule has 0 radical (unpaired) electrons. The summed E-state index contributed by atoms with van der Waals surface area (Å²) in [5, 5.41) is 11.1. The normalized spacial score (nSPS) is 18.4. The molecular weight excluding hydrogens is 292 g/mol. The second-order valence-electron chi connectivity index (χ2n) is 6.34. The van der Waals surface area contributed by atoms with Gasteiger partial charge >= 0.3 is 6.09 Å². The summed E-state index contributed by atoms with van der Waals surface area (Å²) in [6.45, 7) is 6.36. The monoisotopic (exact) mass is 312 g/mol. The van der Waals surface area contributed by atoms with E-state index in [0.29, 0.717) is 36.8 Å². The fourth-order valence-electron chi connectivity index (χ4n) is 2.31. The summed E-state index contributed by atoms with van der Waals surface area (Å²) in [6.07, 6.45) is 0.489. The van der Waals surface area contributed by atoms with Gasteiger partial charge in [-0.15, -0.1) is 0 Å². The number of piperidine rings is 1. The zero-order chi connectivity index (χ0) is 15.7. The van der Waals surface area contributed by atoms with E-state index in [1.807, 2.05) is 20.8 Å². The lowest BCUT2D eigenvalue weighted by atomic mass is 9.88. The number of likely N-dealkylation sites (tertiary alicyclic amines) is 1. The van der Waals surface area contributed by atoms with Gasteiger partial charge in [0.25, 0.3) is 0 Å². The van der Waals surface area contributed by atoms with Gasteiger partial charge < -0.3 is 14.7 Å². The maximum Gasteiger partial charge on any atom is 0.410 e. The molecule has 1 fully saturated rings. The molecule has 0 atom stereocenters. The van der Waals surface area contributed by atoms with E-state index in [9.17, 15) is 9.90 Å². The van der Waals surface area contributed by atoms with Crippen molar-refractivity contribution < 1.29 is 14.6 Å². The van der Waals surface area contributed by atoms with E-state index in [2.05, 4.69) is 4.98 Å². The number of amides is 1. The maximum absolute atomic E-state index is 12.0. The molecule has 6 heteroatoms. The van der Waals surface area contributed by atoms with Crippen molar-refractivity contribution in [1.82, 2.24) is 9.88 Å². The van der Waals surface area contributed by atoms with Crippen molar-refractivity contribution in [3.8, 4) is 0 Å². The molecule has 1 amide bonds. The molecule has 5 nitrogen and oxygen atoms in total. The van der Waals surface area contributed by atoms with Gasteiger partial charge in [-0.25, -0.2) is 9.78 Å². The van der Waals surface area contributed by atoms with Crippen molar-refractivity contribution in [2.75, 3.05) is 13.1 Å². The molecule has 1 aromatic heterocycles. The Balaban J connectivity index is 2.01. The molecule has 1 aliphatic rings. The van der Waals surface area contributed by atoms with E-state index in [1.54, 1.807) is 23.1 Å². The molecule has 2 rings (SSSR count). The van der Waals surface area contributed by atoms with E-state index in [4.69, 9.17) is 16.3 Å². The minimum absolute atomic E-state index is 0.344. The van der Waals surface area contributed by atoms with Crippen LogP contribution in [0, 0.1) is 0 Å². The number of ether oxygens (including phenoxy) is 1. The van der Waals surface area contributed by atoms with Crippen LogP contribution in [0.1, 0.15) is 39.3 Å². The van der Waals surface area contributed by atoms with Crippen LogP contribution in [0.15, 0.2) is 18.2 Å². The Morgan fingerprint density at radius 2 is 2.00 bits per heavy atom. The highest BCUT2D eigenvalue weighted by Gasteiger charge is 2.37. The molecule has 0 saturated carbocycles. The number of hydrogen-bond acceptors (Lipinski definition) is 4. The lowest BCUT2D eigenvalue weighted by molar-refractivity contribution is -0.0381. The third kappa shape index (κ3) is 4.08. The molecule has 1 saturated heterocycles. The lowest BCUT2D eigenvalue weighted by Crippen LogP contribution is -2.47. The molecule has 0 spiro atoms. The average molecular weight is 313 g/mol. The van der Waals surface area contributed by atoms with Crippen molar-refractivity contribution >= 4 is 17.7 Å². The third-order valence-corrected chi connectivity index (χ3v) is 3.64. The minimum atomic E-state index is -1.04. The first-order valence-electron chi connectivity index (χ1n) is 7.03. The second kappa shape index (κ2) is 5.81. The van der Waals surface area contributed by atoms with E-state index in [-0.39, 0.29) is 6.09 Å². The van der Waals surface area contributed by atoms with Crippen LogP contribution < -0.4 is 0 Å². The predicted octanol–water partition coefficient (Wildman–Crippen LogP) is 2.95. The first kappa shape index (κ1) is 16.0. The number of pyridine rings is 1. The Morgan fingerprint density at radius 1 is 1.38 bits per heavy atom. The zero-order valence-corrected chi connectivity index (χ0v) is 13.4. The number of carbonyl (C=O) groups excluding carboxylic acids is 1. The van der Waals surface area contributed by atoms with E-state index in [0.717, 1.165) is 0 Å². The Bertz CT molecular complexity index is 520. The van der Waals surface area contributed by atoms with Crippen molar-refractivity contribution in [2.24, 2.45) is 0 Å². The van der Waals surface area contributed by atoms with Crippen molar-refractivity contribution in [3.05, 3.63) is 29.0 Å². The van der Waals surface area contributed by atoms with Gasteiger partial charge in [0.05, 0.1) is 5.69 Å². The van der Waals surface area contributed by atoms with Gasteiger partial charge in [0, 0.05) is 13.1 Å². The summed E-state index contributed by atoms with van der Waals surface area (Å²) in [5.41, 5.74) is -0.998. The molecule has 0 bridgehead atoms. The number of aromatic nitrogens is 1. The third-order valence-electron chi connectivity index (χ3n) is 3.43. The molecule has 0 unspecified atom stereocenters. The molecular formula is C15H21ClN2O3. The largest absolute Gasteiger partial charge is 0.444 e. The SMILES string of the molecule is CC(C)(C)OC(=O)N1CCC(O)(c2cccc(Cl)n2)CC1. The first-order chi connectivity index (χ1) is 9.70. The van der Waals surface area contributed by atoms with Crippen LogP contribution in [0.2, 0.25) is 5.15 Å². The van der Waals surface area contributed by atoms with Crippen molar-refractivity contribution in [1.29, 1.82) is 0 Å². The standard InChI is InChI=1S/C15H21ClN2O3/c1-14(2,3)21-13(19)18-9-7-15(20,8-10-18)11-5-4-6-12(16)17-11/h4-6,20H,7-10H2,1-3H3. The molecule has 1 aromatic rings. The number of hydrogen-bond donors (Lipinski definition) is 1. The predicted molar refractivity (Wildman–Crippen MR) is 80.2 cm³/mol. The highest BCUT2D eigenvalue weighted by atomic mass is 35.5.